The van der Waals surface area contributed by atoms with Crippen molar-refractivity contribution in [2.75, 3.05) is 0 Å². The van der Waals surface area contributed by atoms with Gasteiger partial charge in [-0.15, -0.1) is 0 Å². The van der Waals surface area contributed by atoms with Crippen LogP contribution in [0.4, 0.5) is 0 Å². The molecule has 0 aliphatic rings. The molecule has 3 nitrogen and oxygen atoms in total. The summed E-state index contributed by atoms with van der Waals surface area (Å²) in [5.74, 6) is 0. The maximum Gasteiger partial charge on any atom is 0.294 e. The Morgan fingerprint density at radius 3 is 2.33 bits per heavy atom. The molecule has 0 aliphatic heterocycles. The Balaban J connectivity index is 3.17. The zero-order valence-corrected chi connectivity index (χ0v) is 9.11. The maximum absolute atomic E-state index is 11.0. The second-order valence-corrected chi connectivity index (χ2v) is 4.35. The van der Waals surface area contributed by atoms with Crippen molar-refractivity contribution in [3.05, 3.63) is 53.0 Å². The van der Waals surface area contributed by atoms with Crippen LogP contribution in [0.3, 0.4) is 0 Å². The molecule has 1 rings (SSSR count). The molecule has 80 valence electrons. The van der Waals surface area contributed by atoms with Gasteiger partial charge in [0.2, 0.25) is 0 Å². The highest BCUT2D eigenvalue weighted by Crippen LogP contribution is 2.12. The molecule has 0 radical (unpaired) electrons. The molecule has 4 heteroatoms. The summed E-state index contributed by atoms with van der Waals surface area (Å²) in [7, 11) is -4.15. The van der Waals surface area contributed by atoms with E-state index in [1.54, 1.807) is 37.3 Å². The molecule has 15 heavy (non-hydrogen) atoms. The van der Waals surface area contributed by atoms with Gasteiger partial charge in [0.25, 0.3) is 10.1 Å². The van der Waals surface area contributed by atoms with E-state index in [9.17, 15) is 8.42 Å². The summed E-state index contributed by atoms with van der Waals surface area (Å²) in [5, 5.41) is 0. The van der Waals surface area contributed by atoms with Crippen LogP contribution >= 0.6 is 0 Å². The largest absolute Gasteiger partial charge is 0.294 e. The lowest BCUT2D eigenvalue weighted by Gasteiger charge is -1.98. The summed E-state index contributed by atoms with van der Waals surface area (Å²) in [5.41, 5.74) is 0.725. The van der Waals surface area contributed by atoms with Crippen LogP contribution in [-0.2, 0) is 10.1 Å². The molecule has 1 aromatic carbocycles. The van der Waals surface area contributed by atoms with Crippen molar-refractivity contribution >= 4 is 16.2 Å². The van der Waals surface area contributed by atoms with E-state index in [-0.39, 0.29) is 4.91 Å². The van der Waals surface area contributed by atoms with Crippen molar-refractivity contribution in [1.82, 2.24) is 0 Å². The zero-order chi connectivity index (χ0) is 11.3. The molecule has 0 heterocycles. The van der Waals surface area contributed by atoms with Crippen molar-refractivity contribution in [3.8, 4) is 0 Å². The fourth-order valence-corrected chi connectivity index (χ4v) is 1.68. The fraction of sp³-hybridized carbons (Fsp3) is 0.0909. The Morgan fingerprint density at radius 1 is 1.27 bits per heavy atom. The molecule has 0 bridgehead atoms. The topological polar surface area (TPSA) is 54.4 Å². The minimum Gasteiger partial charge on any atom is -0.282 e. The SMILES string of the molecule is CC=CC(=Cc1ccccc1)S(=O)(=O)O. The Hall–Kier alpha value is -1.39. The van der Waals surface area contributed by atoms with Crippen molar-refractivity contribution in [1.29, 1.82) is 0 Å². The average Bonchev–Trinajstić information content (AvgIpc) is 2.17. The molecule has 0 saturated carbocycles. The van der Waals surface area contributed by atoms with Crippen molar-refractivity contribution < 1.29 is 13.0 Å². The molecular formula is C11H12O3S. The molecule has 0 unspecified atom stereocenters. The zero-order valence-electron chi connectivity index (χ0n) is 8.29. The van der Waals surface area contributed by atoms with Gasteiger partial charge in [0.15, 0.2) is 0 Å². The van der Waals surface area contributed by atoms with Gasteiger partial charge >= 0.3 is 0 Å². The summed E-state index contributed by atoms with van der Waals surface area (Å²) >= 11 is 0. The highest BCUT2D eigenvalue weighted by molar-refractivity contribution is 7.90. The van der Waals surface area contributed by atoms with E-state index >= 15 is 0 Å². The molecule has 0 fully saturated rings. The van der Waals surface area contributed by atoms with E-state index in [2.05, 4.69) is 0 Å². The molecule has 0 aromatic heterocycles. The maximum atomic E-state index is 11.0. The predicted molar refractivity (Wildman–Crippen MR) is 60.8 cm³/mol. The Morgan fingerprint density at radius 2 is 1.87 bits per heavy atom. The van der Waals surface area contributed by atoms with Crippen LogP contribution in [-0.4, -0.2) is 13.0 Å². The first-order valence-corrected chi connectivity index (χ1v) is 5.85. The van der Waals surface area contributed by atoms with Crippen molar-refractivity contribution in [2.45, 2.75) is 6.92 Å². The van der Waals surface area contributed by atoms with Crippen LogP contribution in [0.25, 0.3) is 6.08 Å². The molecular weight excluding hydrogens is 212 g/mol. The van der Waals surface area contributed by atoms with E-state index in [0.717, 1.165) is 5.56 Å². The highest BCUT2D eigenvalue weighted by atomic mass is 32.2. The number of rotatable bonds is 3. The van der Waals surface area contributed by atoms with Crippen LogP contribution in [0.15, 0.2) is 47.4 Å². The van der Waals surface area contributed by atoms with E-state index < -0.39 is 10.1 Å². The third-order valence-corrected chi connectivity index (χ3v) is 2.59. The lowest BCUT2D eigenvalue weighted by molar-refractivity contribution is 0.492. The van der Waals surface area contributed by atoms with Gasteiger partial charge in [-0.05, 0) is 24.6 Å². The predicted octanol–water partition coefficient (Wildman–Crippen LogP) is 2.49. The minimum absolute atomic E-state index is 0.115. The summed E-state index contributed by atoms with van der Waals surface area (Å²) < 4.78 is 30.8. The van der Waals surface area contributed by atoms with Crippen LogP contribution in [0.1, 0.15) is 12.5 Å². The third-order valence-electron chi connectivity index (χ3n) is 1.74. The second kappa shape index (κ2) is 4.91. The van der Waals surface area contributed by atoms with E-state index in [1.165, 1.54) is 12.2 Å². The number of hydrogen-bond acceptors (Lipinski definition) is 2. The molecule has 0 amide bonds. The standard InChI is InChI=1S/C11H12O3S/c1-2-6-11(15(12,13)14)9-10-7-4-3-5-8-10/h2-9H,1H3,(H,12,13,14). The second-order valence-electron chi connectivity index (χ2n) is 2.93. The van der Waals surface area contributed by atoms with Crippen LogP contribution in [0.2, 0.25) is 0 Å². The first-order valence-electron chi connectivity index (χ1n) is 4.41. The molecule has 0 atom stereocenters. The summed E-state index contributed by atoms with van der Waals surface area (Å²) in [6.07, 6.45) is 4.32. The molecule has 1 N–H and O–H groups in total. The van der Waals surface area contributed by atoms with E-state index in [0.29, 0.717) is 0 Å². The van der Waals surface area contributed by atoms with E-state index in [4.69, 9.17) is 4.55 Å². The van der Waals surface area contributed by atoms with Gasteiger partial charge in [0, 0.05) is 0 Å². The lowest BCUT2D eigenvalue weighted by atomic mass is 10.2. The smallest absolute Gasteiger partial charge is 0.282 e. The van der Waals surface area contributed by atoms with Gasteiger partial charge in [-0.3, -0.25) is 4.55 Å². The van der Waals surface area contributed by atoms with Gasteiger partial charge in [-0.25, -0.2) is 0 Å². The molecule has 1 aromatic rings. The summed E-state index contributed by atoms with van der Waals surface area (Å²) in [4.78, 5) is -0.115. The molecule has 0 spiro atoms. The van der Waals surface area contributed by atoms with Gasteiger partial charge in [-0.2, -0.15) is 8.42 Å². The quantitative estimate of drug-likeness (QED) is 0.634. The Kier molecular flexibility index (Phi) is 3.82. The van der Waals surface area contributed by atoms with Gasteiger partial charge < -0.3 is 0 Å². The summed E-state index contributed by atoms with van der Waals surface area (Å²) in [6, 6.07) is 8.94. The van der Waals surface area contributed by atoms with Gasteiger partial charge in [0.05, 0.1) is 4.91 Å². The molecule has 0 aliphatic carbocycles. The monoisotopic (exact) mass is 224 g/mol. The highest BCUT2D eigenvalue weighted by Gasteiger charge is 2.09. The van der Waals surface area contributed by atoms with Gasteiger partial charge in [0.1, 0.15) is 0 Å². The van der Waals surface area contributed by atoms with Crippen molar-refractivity contribution in [2.24, 2.45) is 0 Å². The first-order chi connectivity index (χ1) is 7.04. The Labute approximate surface area is 89.5 Å². The van der Waals surface area contributed by atoms with Crippen molar-refractivity contribution in [3.63, 3.8) is 0 Å². The lowest BCUT2D eigenvalue weighted by Crippen LogP contribution is -1.99. The van der Waals surface area contributed by atoms with Crippen LogP contribution < -0.4 is 0 Å². The minimum atomic E-state index is -4.15. The first kappa shape index (κ1) is 11.7. The average molecular weight is 224 g/mol. The van der Waals surface area contributed by atoms with E-state index in [1.807, 2.05) is 6.07 Å². The van der Waals surface area contributed by atoms with Gasteiger partial charge in [-0.1, -0.05) is 36.4 Å². The van der Waals surface area contributed by atoms with Crippen LogP contribution in [0.5, 0.6) is 0 Å². The fourth-order valence-electron chi connectivity index (χ4n) is 1.09. The number of allylic oxidation sites excluding steroid dienone is 2. The summed E-state index contributed by atoms with van der Waals surface area (Å²) in [6.45, 7) is 1.68. The number of hydrogen-bond donors (Lipinski definition) is 1. The Bertz CT molecular complexity index is 470. The molecule has 0 saturated heterocycles. The number of benzene rings is 1. The normalized spacial score (nSPS) is 13.3. The third kappa shape index (κ3) is 3.69. The van der Waals surface area contributed by atoms with Crippen LogP contribution in [0, 0.1) is 0 Å².